The fourth-order valence-corrected chi connectivity index (χ4v) is 2.45. The van der Waals surface area contributed by atoms with Crippen molar-refractivity contribution < 1.29 is 14.6 Å². The van der Waals surface area contributed by atoms with E-state index in [9.17, 15) is 0 Å². The third-order valence-corrected chi connectivity index (χ3v) is 3.33. The number of ether oxygens (including phenoxy) is 2. The Balaban J connectivity index is 2.42. The van der Waals surface area contributed by atoms with E-state index in [1.807, 2.05) is 12.1 Å². The molecule has 1 unspecified atom stereocenters. The zero-order valence-electron chi connectivity index (χ0n) is 12.2. The molecule has 114 valence electrons. The van der Waals surface area contributed by atoms with E-state index in [2.05, 4.69) is 26.6 Å². The van der Waals surface area contributed by atoms with Crippen molar-refractivity contribution in [3.05, 3.63) is 22.2 Å². The highest BCUT2D eigenvalue weighted by Gasteiger charge is 2.10. The highest BCUT2D eigenvalue weighted by atomic mass is 79.9. The van der Waals surface area contributed by atoms with Gasteiger partial charge in [0.2, 0.25) is 0 Å². The smallest absolute Gasteiger partial charge is 0.174 e. The molecule has 0 radical (unpaired) electrons. The van der Waals surface area contributed by atoms with Crippen LogP contribution >= 0.6 is 15.9 Å². The summed E-state index contributed by atoms with van der Waals surface area (Å²) in [5.74, 6) is 1.42. The third kappa shape index (κ3) is 5.66. The average molecular weight is 347 g/mol. The van der Waals surface area contributed by atoms with Crippen LogP contribution in [0.3, 0.4) is 0 Å². The first kappa shape index (κ1) is 17.2. The van der Waals surface area contributed by atoms with Gasteiger partial charge in [0.25, 0.3) is 0 Å². The maximum absolute atomic E-state index is 9.11. The Kier molecular flexibility index (Phi) is 7.91. The van der Waals surface area contributed by atoms with Crippen LogP contribution in [-0.2, 0) is 6.54 Å². The van der Waals surface area contributed by atoms with E-state index in [0.29, 0.717) is 18.0 Å². The number of methoxy groups -OCH3 is 2. The van der Waals surface area contributed by atoms with Crippen LogP contribution in [0.25, 0.3) is 0 Å². The standard InChI is InChI=1S/C14H23BrN2O3/c1-10(18)8-16-4-5-17-9-11-6-12(15)14(20-3)13(7-11)19-2/h6-7,10,16-18H,4-5,8-9H2,1-3H3. The molecule has 1 aromatic carbocycles. The molecule has 0 bridgehead atoms. The van der Waals surface area contributed by atoms with Crippen LogP contribution in [0, 0.1) is 0 Å². The van der Waals surface area contributed by atoms with Gasteiger partial charge in [-0.2, -0.15) is 0 Å². The molecule has 1 rings (SSSR count). The van der Waals surface area contributed by atoms with Gasteiger partial charge in [-0.15, -0.1) is 0 Å². The maximum Gasteiger partial charge on any atom is 0.174 e. The number of rotatable bonds is 9. The molecule has 0 heterocycles. The Morgan fingerprint density at radius 1 is 1.20 bits per heavy atom. The van der Waals surface area contributed by atoms with Crippen molar-refractivity contribution in [3.63, 3.8) is 0 Å². The zero-order valence-corrected chi connectivity index (χ0v) is 13.8. The largest absolute Gasteiger partial charge is 0.493 e. The zero-order chi connectivity index (χ0) is 15.0. The van der Waals surface area contributed by atoms with Crippen molar-refractivity contribution in [2.45, 2.75) is 19.6 Å². The molecule has 0 aliphatic rings. The summed E-state index contributed by atoms with van der Waals surface area (Å²) in [5.41, 5.74) is 1.12. The van der Waals surface area contributed by atoms with Gasteiger partial charge in [-0.05, 0) is 40.5 Å². The number of halogens is 1. The topological polar surface area (TPSA) is 62.8 Å². The molecule has 0 aliphatic carbocycles. The van der Waals surface area contributed by atoms with Crippen molar-refractivity contribution in [1.82, 2.24) is 10.6 Å². The van der Waals surface area contributed by atoms with Gasteiger partial charge in [0.15, 0.2) is 11.5 Å². The van der Waals surface area contributed by atoms with Crippen molar-refractivity contribution in [2.24, 2.45) is 0 Å². The number of aliphatic hydroxyl groups excluding tert-OH is 1. The fourth-order valence-electron chi connectivity index (χ4n) is 1.79. The number of hydrogen-bond acceptors (Lipinski definition) is 5. The lowest BCUT2D eigenvalue weighted by atomic mass is 10.2. The Morgan fingerprint density at radius 3 is 2.50 bits per heavy atom. The van der Waals surface area contributed by atoms with Crippen LogP contribution < -0.4 is 20.1 Å². The second-order valence-electron chi connectivity index (χ2n) is 4.54. The minimum atomic E-state index is -0.309. The second kappa shape index (κ2) is 9.18. The normalized spacial score (nSPS) is 12.2. The van der Waals surface area contributed by atoms with Gasteiger partial charge < -0.3 is 25.2 Å². The second-order valence-corrected chi connectivity index (χ2v) is 5.40. The van der Waals surface area contributed by atoms with Gasteiger partial charge in [-0.3, -0.25) is 0 Å². The summed E-state index contributed by atoms with van der Waals surface area (Å²) in [5, 5.41) is 15.6. The summed E-state index contributed by atoms with van der Waals surface area (Å²) in [4.78, 5) is 0. The van der Waals surface area contributed by atoms with Gasteiger partial charge in [-0.25, -0.2) is 0 Å². The third-order valence-electron chi connectivity index (χ3n) is 2.74. The molecule has 5 nitrogen and oxygen atoms in total. The van der Waals surface area contributed by atoms with Crippen LogP contribution in [0.2, 0.25) is 0 Å². The van der Waals surface area contributed by atoms with Crippen molar-refractivity contribution in [2.75, 3.05) is 33.9 Å². The Hall–Kier alpha value is -0.820. The molecule has 0 aliphatic heterocycles. The first-order valence-corrected chi connectivity index (χ1v) is 7.37. The Bertz CT molecular complexity index is 414. The molecule has 0 spiro atoms. The number of benzene rings is 1. The lowest BCUT2D eigenvalue weighted by molar-refractivity contribution is 0.191. The molecule has 6 heteroatoms. The molecular formula is C14H23BrN2O3. The minimum Gasteiger partial charge on any atom is -0.493 e. The van der Waals surface area contributed by atoms with Gasteiger partial charge in [0.05, 0.1) is 24.8 Å². The van der Waals surface area contributed by atoms with Crippen LogP contribution in [-0.4, -0.2) is 45.1 Å². The molecular weight excluding hydrogens is 324 g/mol. The van der Waals surface area contributed by atoms with Crippen molar-refractivity contribution in [3.8, 4) is 11.5 Å². The summed E-state index contributed by atoms with van der Waals surface area (Å²) < 4.78 is 11.5. The predicted octanol–water partition coefficient (Wildman–Crippen LogP) is 1.53. The maximum atomic E-state index is 9.11. The lowest BCUT2D eigenvalue weighted by Crippen LogP contribution is -2.31. The van der Waals surface area contributed by atoms with E-state index < -0.39 is 0 Å². The number of aliphatic hydroxyl groups is 1. The van der Waals surface area contributed by atoms with Crippen LogP contribution in [0.1, 0.15) is 12.5 Å². The lowest BCUT2D eigenvalue weighted by Gasteiger charge is -2.13. The number of hydrogen-bond donors (Lipinski definition) is 3. The van der Waals surface area contributed by atoms with Gasteiger partial charge in [0, 0.05) is 26.2 Å². The quantitative estimate of drug-likeness (QED) is 0.592. The molecule has 1 atom stereocenters. The molecule has 0 fully saturated rings. The summed E-state index contributed by atoms with van der Waals surface area (Å²) in [6.07, 6.45) is -0.309. The van der Waals surface area contributed by atoms with E-state index in [0.717, 1.165) is 29.7 Å². The Labute approximate surface area is 128 Å². The molecule has 20 heavy (non-hydrogen) atoms. The summed E-state index contributed by atoms with van der Waals surface area (Å²) in [6.45, 7) is 4.78. The van der Waals surface area contributed by atoms with Crippen molar-refractivity contribution >= 4 is 15.9 Å². The van der Waals surface area contributed by atoms with Crippen LogP contribution in [0.5, 0.6) is 11.5 Å². The molecule has 0 saturated heterocycles. The molecule has 0 amide bonds. The summed E-state index contributed by atoms with van der Waals surface area (Å²) in [7, 11) is 3.25. The minimum absolute atomic E-state index is 0.309. The van der Waals surface area contributed by atoms with Crippen LogP contribution in [0.4, 0.5) is 0 Å². The van der Waals surface area contributed by atoms with Gasteiger partial charge in [0.1, 0.15) is 0 Å². The van der Waals surface area contributed by atoms with E-state index in [4.69, 9.17) is 14.6 Å². The monoisotopic (exact) mass is 346 g/mol. The van der Waals surface area contributed by atoms with Crippen LogP contribution in [0.15, 0.2) is 16.6 Å². The average Bonchev–Trinajstić information content (AvgIpc) is 2.41. The van der Waals surface area contributed by atoms with E-state index in [1.165, 1.54) is 0 Å². The first-order valence-electron chi connectivity index (χ1n) is 6.58. The van der Waals surface area contributed by atoms with Gasteiger partial charge in [-0.1, -0.05) is 0 Å². The first-order chi connectivity index (χ1) is 9.58. The number of nitrogens with one attached hydrogen (secondary N) is 2. The van der Waals surface area contributed by atoms with E-state index >= 15 is 0 Å². The Morgan fingerprint density at radius 2 is 1.90 bits per heavy atom. The van der Waals surface area contributed by atoms with Crippen molar-refractivity contribution in [1.29, 1.82) is 0 Å². The summed E-state index contributed by atoms with van der Waals surface area (Å²) in [6, 6.07) is 3.97. The molecule has 1 aromatic rings. The highest BCUT2D eigenvalue weighted by molar-refractivity contribution is 9.10. The SMILES string of the molecule is COc1cc(CNCCNCC(C)O)cc(Br)c1OC. The highest BCUT2D eigenvalue weighted by Crippen LogP contribution is 2.36. The predicted molar refractivity (Wildman–Crippen MR) is 83.5 cm³/mol. The molecule has 0 aromatic heterocycles. The molecule has 3 N–H and O–H groups in total. The fraction of sp³-hybridized carbons (Fsp3) is 0.571. The van der Waals surface area contributed by atoms with E-state index in [-0.39, 0.29) is 6.10 Å². The molecule has 0 saturated carbocycles. The van der Waals surface area contributed by atoms with E-state index in [1.54, 1.807) is 21.1 Å². The van der Waals surface area contributed by atoms with Gasteiger partial charge >= 0.3 is 0 Å². The summed E-state index contributed by atoms with van der Waals surface area (Å²) >= 11 is 3.48.